The zero-order chi connectivity index (χ0) is 12.8. The Labute approximate surface area is 120 Å². The quantitative estimate of drug-likeness (QED) is 0.812. The maximum absolute atomic E-state index is 11.7. The minimum atomic E-state index is -0.00293. The Morgan fingerprint density at radius 2 is 2.12 bits per heavy atom. The van der Waals surface area contributed by atoms with E-state index in [9.17, 15) is 4.79 Å². The van der Waals surface area contributed by atoms with Gasteiger partial charge in [0.1, 0.15) is 0 Å². The van der Waals surface area contributed by atoms with Gasteiger partial charge in [-0.25, -0.2) is 0 Å². The van der Waals surface area contributed by atoms with Crippen molar-refractivity contribution in [1.29, 1.82) is 0 Å². The van der Waals surface area contributed by atoms with Crippen molar-refractivity contribution in [2.75, 3.05) is 5.33 Å². The molecule has 0 heterocycles. The number of carbonyl (C=O) groups excluding carboxylic acids is 1. The van der Waals surface area contributed by atoms with Crippen molar-refractivity contribution in [1.82, 2.24) is 5.32 Å². The molecule has 0 aromatic heterocycles. The van der Waals surface area contributed by atoms with Crippen LogP contribution < -0.4 is 5.32 Å². The van der Waals surface area contributed by atoms with Gasteiger partial charge in [0.25, 0.3) is 0 Å². The van der Waals surface area contributed by atoms with E-state index in [1.807, 2.05) is 13.0 Å². The summed E-state index contributed by atoms with van der Waals surface area (Å²) in [5, 5.41) is 4.78. The van der Waals surface area contributed by atoms with Crippen molar-refractivity contribution in [2.24, 2.45) is 0 Å². The van der Waals surface area contributed by atoms with Crippen molar-refractivity contribution < 1.29 is 4.79 Å². The first-order valence-corrected chi connectivity index (χ1v) is 7.20. The standard InChI is InChI=1S/C12H14BrCl2NO/c1-8(4-5-13)16-12(17)7-9-2-3-10(14)11(15)6-9/h2-3,6,8H,4-5,7H2,1H3,(H,16,17). The number of rotatable bonds is 5. The number of halogens is 3. The van der Waals surface area contributed by atoms with E-state index in [0.29, 0.717) is 16.5 Å². The Balaban J connectivity index is 2.53. The van der Waals surface area contributed by atoms with E-state index in [1.165, 1.54) is 0 Å². The summed E-state index contributed by atoms with van der Waals surface area (Å²) in [5.74, 6) is -0.00293. The summed E-state index contributed by atoms with van der Waals surface area (Å²) in [5.41, 5.74) is 0.864. The smallest absolute Gasteiger partial charge is 0.224 e. The summed E-state index contributed by atoms with van der Waals surface area (Å²) in [6, 6.07) is 5.40. The summed E-state index contributed by atoms with van der Waals surface area (Å²) < 4.78 is 0. The lowest BCUT2D eigenvalue weighted by Gasteiger charge is -2.12. The third-order valence-corrected chi connectivity index (χ3v) is 3.50. The van der Waals surface area contributed by atoms with Crippen LogP contribution in [0, 0.1) is 0 Å². The number of alkyl halides is 1. The Bertz CT molecular complexity index is 398. The van der Waals surface area contributed by atoms with Crippen LogP contribution in [0.1, 0.15) is 18.9 Å². The predicted octanol–water partition coefficient (Wildman–Crippen LogP) is 3.83. The van der Waals surface area contributed by atoms with Crippen molar-refractivity contribution >= 4 is 45.0 Å². The van der Waals surface area contributed by atoms with Gasteiger partial charge in [-0.15, -0.1) is 0 Å². The molecule has 0 aliphatic heterocycles. The van der Waals surface area contributed by atoms with Crippen molar-refractivity contribution in [3.05, 3.63) is 33.8 Å². The van der Waals surface area contributed by atoms with Gasteiger partial charge in [0.15, 0.2) is 0 Å². The van der Waals surface area contributed by atoms with Gasteiger partial charge >= 0.3 is 0 Å². The topological polar surface area (TPSA) is 29.1 Å². The number of hydrogen-bond acceptors (Lipinski definition) is 1. The molecule has 1 amide bonds. The van der Waals surface area contributed by atoms with E-state index < -0.39 is 0 Å². The second kappa shape index (κ2) is 7.24. The molecule has 0 aliphatic rings. The summed E-state index contributed by atoms with van der Waals surface area (Å²) in [7, 11) is 0. The first kappa shape index (κ1) is 14.8. The van der Waals surface area contributed by atoms with Crippen molar-refractivity contribution in [2.45, 2.75) is 25.8 Å². The van der Waals surface area contributed by atoms with Crippen LogP contribution >= 0.6 is 39.1 Å². The van der Waals surface area contributed by atoms with Gasteiger partial charge in [-0.2, -0.15) is 0 Å². The number of benzene rings is 1. The lowest BCUT2D eigenvalue weighted by molar-refractivity contribution is -0.121. The summed E-state index contributed by atoms with van der Waals surface area (Å²) in [4.78, 5) is 11.7. The van der Waals surface area contributed by atoms with Gasteiger partial charge in [-0.1, -0.05) is 45.2 Å². The monoisotopic (exact) mass is 337 g/mol. The highest BCUT2D eigenvalue weighted by Gasteiger charge is 2.08. The molecule has 1 rings (SSSR count). The maximum atomic E-state index is 11.7. The van der Waals surface area contributed by atoms with Gasteiger partial charge in [0, 0.05) is 11.4 Å². The van der Waals surface area contributed by atoms with Gasteiger partial charge in [-0.3, -0.25) is 4.79 Å². The fraction of sp³-hybridized carbons (Fsp3) is 0.417. The average Bonchev–Trinajstić information content (AvgIpc) is 2.23. The molecule has 0 radical (unpaired) electrons. The maximum Gasteiger partial charge on any atom is 0.224 e. The van der Waals surface area contributed by atoms with E-state index in [-0.39, 0.29) is 11.9 Å². The highest BCUT2D eigenvalue weighted by atomic mass is 79.9. The SMILES string of the molecule is CC(CCBr)NC(=O)Cc1ccc(Cl)c(Cl)c1. The second-order valence-electron chi connectivity index (χ2n) is 3.87. The number of hydrogen-bond donors (Lipinski definition) is 1. The molecule has 94 valence electrons. The van der Waals surface area contributed by atoms with Crippen LogP contribution in [0.3, 0.4) is 0 Å². The largest absolute Gasteiger partial charge is 0.353 e. The molecule has 0 fully saturated rings. The molecular weight excluding hydrogens is 325 g/mol. The molecule has 1 aromatic carbocycles. The summed E-state index contributed by atoms with van der Waals surface area (Å²) >= 11 is 15.0. The average molecular weight is 339 g/mol. The van der Waals surface area contributed by atoms with Crippen LogP contribution in [-0.2, 0) is 11.2 Å². The number of carbonyl (C=O) groups is 1. The van der Waals surface area contributed by atoms with Crippen LogP contribution in [0.5, 0.6) is 0 Å². The van der Waals surface area contributed by atoms with E-state index in [2.05, 4.69) is 21.2 Å². The first-order valence-electron chi connectivity index (χ1n) is 5.32. The second-order valence-corrected chi connectivity index (χ2v) is 5.48. The lowest BCUT2D eigenvalue weighted by Crippen LogP contribution is -2.33. The number of nitrogens with one attached hydrogen (secondary N) is 1. The minimum Gasteiger partial charge on any atom is -0.353 e. The summed E-state index contributed by atoms with van der Waals surface area (Å²) in [6.45, 7) is 1.98. The molecule has 5 heteroatoms. The Hall–Kier alpha value is -0.250. The Morgan fingerprint density at radius 3 is 2.71 bits per heavy atom. The van der Waals surface area contributed by atoms with Crippen LogP contribution in [0.15, 0.2) is 18.2 Å². The minimum absolute atomic E-state index is 0.00293. The molecule has 1 atom stereocenters. The molecule has 0 spiro atoms. The predicted molar refractivity (Wildman–Crippen MR) is 76.2 cm³/mol. The van der Waals surface area contributed by atoms with E-state index in [0.717, 1.165) is 17.3 Å². The fourth-order valence-electron chi connectivity index (χ4n) is 1.40. The normalized spacial score (nSPS) is 12.2. The molecule has 1 unspecified atom stereocenters. The molecule has 2 nitrogen and oxygen atoms in total. The van der Waals surface area contributed by atoms with Gasteiger partial charge in [0.2, 0.25) is 5.91 Å². The number of amides is 1. The molecule has 1 aromatic rings. The van der Waals surface area contributed by atoms with E-state index in [1.54, 1.807) is 12.1 Å². The third kappa shape index (κ3) is 5.28. The summed E-state index contributed by atoms with van der Waals surface area (Å²) in [6.07, 6.45) is 1.23. The molecule has 17 heavy (non-hydrogen) atoms. The van der Waals surface area contributed by atoms with Crippen molar-refractivity contribution in [3.8, 4) is 0 Å². The lowest BCUT2D eigenvalue weighted by atomic mass is 10.1. The van der Waals surface area contributed by atoms with Crippen LogP contribution in [0.2, 0.25) is 10.0 Å². The van der Waals surface area contributed by atoms with Gasteiger partial charge in [-0.05, 0) is 31.0 Å². The molecule has 0 bridgehead atoms. The van der Waals surface area contributed by atoms with Gasteiger partial charge in [0.05, 0.1) is 16.5 Å². The molecule has 0 saturated carbocycles. The Morgan fingerprint density at radius 1 is 1.41 bits per heavy atom. The zero-order valence-corrected chi connectivity index (χ0v) is 12.6. The Kier molecular flexibility index (Phi) is 6.31. The first-order chi connectivity index (χ1) is 8.02. The highest BCUT2D eigenvalue weighted by Crippen LogP contribution is 2.22. The molecule has 0 aliphatic carbocycles. The van der Waals surface area contributed by atoms with E-state index >= 15 is 0 Å². The van der Waals surface area contributed by atoms with Gasteiger partial charge < -0.3 is 5.32 Å². The van der Waals surface area contributed by atoms with Crippen molar-refractivity contribution in [3.63, 3.8) is 0 Å². The zero-order valence-electron chi connectivity index (χ0n) is 9.47. The van der Waals surface area contributed by atoms with Crippen LogP contribution in [0.25, 0.3) is 0 Å². The van der Waals surface area contributed by atoms with E-state index in [4.69, 9.17) is 23.2 Å². The third-order valence-electron chi connectivity index (χ3n) is 2.30. The molecule has 1 N–H and O–H groups in total. The highest BCUT2D eigenvalue weighted by molar-refractivity contribution is 9.09. The van der Waals surface area contributed by atoms with Crippen LogP contribution in [0.4, 0.5) is 0 Å². The molecular formula is C12H14BrCl2NO. The van der Waals surface area contributed by atoms with Crippen LogP contribution in [-0.4, -0.2) is 17.3 Å². The molecule has 0 saturated heterocycles. The fourth-order valence-corrected chi connectivity index (χ4v) is 2.40.